The van der Waals surface area contributed by atoms with Crippen molar-refractivity contribution in [2.75, 3.05) is 0 Å². The molecule has 0 N–H and O–H groups in total. The summed E-state index contributed by atoms with van der Waals surface area (Å²) in [6, 6.07) is 19.9. The molecule has 0 aromatic heterocycles. The third-order valence-corrected chi connectivity index (χ3v) is 4.56. The predicted molar refractivity (Wildman–Crippen MR) is 113 cm³/mol. The highest BCUT2D eigenvalue weighted by molar-refractivity contribution is 5.84. The number of benzene rings is 4. The van der Waals surface area contributed by atoms with Crippen LogP contribution in [0.5, 0.6) is 0 Å². The summed E-state index contributed by atoms with van der Waals surface area (Å²) in [5.41, 5.74) is 2.51. The van der Waals surface area contributed by atoms with E-state index in [0.29, 0.717) is 11.1 Å². The highest BCUT2D eigenvalue weighted by Gasteiger charge is 2.07. The van der Waals surface area contributed by atoms with Crippen molar-refractivity contribution in [3.8, 4) is 23.7 Å². The summed E-state index contributed by atoms with van der Waals surface area (Å²) in [7, 11) is 0. The maximum absolute atomic E-state index is 13.9. The molecule has 0 radical (unpaired) electrons. The average Bonchev–Trinajstić information content (AvgIpc) is 2.72. The maximum atomic E-state index is 13.9. The Labute approximate surface area is 173 Å². The predicted octanol–water partition coefficient (Wildman–Crippen LogP) is 6.37. The first-order valence-electron chi connectivity index (χ1n) is 9.27. The minimum absolute atomic E-state index is 0.236. The Morgan fingerprint density at radius 3 is 1.70 bits per heavy atom. The number of hydrogen-bond donors (Lipinski definition) is 0. The smallest absolute Gasteiger partial charge is 0.142 e. The second-order valence-electron chi connectivity index (χ2n) is 6.89. The van der Waals surface area contributed by atoms with Crippen LogP contribution in [0.1, 0.15) is 27.8 Å². The van der Waals surface area contributed by atoms with E-state index in [1.54, 1.807) is 37.3 Å². The summed E-state index contributed by atoms with van der Waals surface area (Å²) in [6.45, 7) is 1.63. The fourth-order valence-corrected chi connectivity index (χ4v) is 3.03. The molecule has 4 aromatic carbocycles. The molecule has 0 unspecified atom stereocenters. The molecule has 0 aliphatic carbocycles. The zero-order valence-electron chi connectivity index (χ0n) is 16.1. The SMILES string of the molecule is Cc1cc(F)c(C#Cc2ccc(C#Cc3ccc4cc(F)ccc4c3)cc2)c(F)c1. The lowest BCUT2D eigenvalue weighted by atomic mass is 10.1. The molecule has 0 heterocycles. The summed E-state index contributed by atoms with van der Waals surface area (Å²) in [5.74, 6) is 9.90. The van der Waals surface area contributed by atoms with Gasteiger partial charge in [-0.15, -0.1) is 0 Å². The summed E-state index contributed by atoms with van der Waals surface area (Å²) in [5, 5.41) is 1.74. The monoisotopic (exact) mass is 396 g/mol. The molecule has 0 atom stereocenters. The van der Waals surface area contributed by atoms with Gasteiger partial charge in [0, 0.05) is 16.7 Å². The molecular weight excluding hydrogens is 381 g/mol. The fraction of sp³-hybridized carbons (Fsp3) is 0.0370. The molecule has 30 heavy (non-hydrogen) atoms. The van der Waals surface area contributed by atoms with Crippen LogP contribution in [-0.2, 0) is 0 Å². The van der Waals surface area contributed by atoms with Gasteiger partial charge in [0.05, 0.1) is 5.56 Å². The number of aryl methyl sites for hydroxylation is 1. The van der Waals surface area contributed by atoms with E-state index in [-0.39, 0.29) is 11.4 Å². The Morgan fingerprint density at radius 2 is 1.03 bits per heavy atom. The minimum Gasteiger partial charge on any atom is -0.207 e. The van der Waals surface area contributed by atoms with Gasteiger partial charge in [-0.05, 0) is 83.9 Å². The van der Waals surface area contributed by atoms with Crippen LogP contribution >= 0.6 is 0 Å². The van der Waals surface area contributed by atoms with Gasteiger partial charge in [-0.25, -0.2) is 13.2 Å². The third-order valence-electron chi connectivity index (χ3n) is 4.56. The molecule has 3 heteroatoms. The largest absolute Gasteiger partial charge is 0.207 e. The van der Waals surface area contributed by atoms with E-state index in [1.165, 1.54) is 24.3 Å². The van der Waals surface area contributed by atoms with Gasteiger partial charge in [0.15, 0.2) is 0 Å². The molecule has 4 aromatic rings. The van der Waals surface area contributed by atoms with Crippen LogP contribution in [0.25, 0.3) is 10.8 Å². The van der Waals surface area contributed by atoms with E-state index in [0.717, 1.165) is 21.9 Å². The van der Waals surface area contributed by atoms with Crippen LogP contribution < -0.4 is 0 Å². The summed E-state index contributed by atoms with van der Waals surface area (Å²) in [4.78, 5) is 0. The van der Waals surface area contributed by atoms with Crippen molar-refractivity contribution in [2.45, 2.75) is 6.92 Å². The van der Waals surface area contributed by atoms with Crippen LogP contribution in [0, 0.1) is 48.1 Å². The molecule has 0 amide bonds. The third kappa shape index (κ3) is 4.37. The number of halogens is 3. The summed E-state index contributed by atoms with van der Waals surface area (Å²) >= 11 is 0. The Hall–Kier alpha value is -3.95. The topological polar surface area (TPSA) is 0 Å². The van der Waals surface area contributed by atoms with Crippen molar-refractivity contribution in [2.24, 2.45) is 0 Å². The molecule has 0 saturated heterocycles. The van der Waals surface area contributed by atoms with E-state index >= 15 is 0 Å². The van der Waals surface area contributed by atoms with Crippen molar-refractivity contribution in [1.82, 2.24) is 0 Å². The van der Waals surface area contributed by atoms with Gasteiger partial charge in [0.1, 0.15) is 17.5 Å². The van der Waals surface area contributed by atoms with Crippen LogP contribution in [0.15, 0.2) is 72.8 Å². The van der Waals surface area contributed by atoms with E-state index in [4.69, 9.17) is 0 Å². The molecule has 0 bridgehead atoms. The molecule has 0 fully saturated rings. The number of hydrogen-bond acceptors (Lipinski definition) is 0. The molecule has 144 valence electrons. The second-order valence-corrected chi connectivity index (χ2v) is 6.89. The zero-order chi connectivity index (χ0) is 21.1. The van der Waals surface area contributed by atoms with Gasteiger partial charge in [-0.1, -0.05) is 35.8 Å². The molecule has 0 nitrogen and oxygen atoms in total. The summed E-state index contributed by atoms with van der Waals surface area (Å²) in [6.07, 6.45) is 0. The Kier molecular flexibility index (Phi) is 5.29. The minimum atomic E-state index is -0.666. The van der Waals surface area contributed by atoms with Gasteiger partial charge < -0.3 is 0 Å². The standard InChI is InChI=1S/C27H15F3/c1-18-14-26(29)25(27(30)15-18)13-9-20-4-2-19(3-5-20)6-7-21-8-10-23-17-24(28)12-11-22(23)16-21/h2-5,8,10-12,14-17H,1H3. The lowest BCUT2D eigenvalue weighted by Crippen LogP contribution is -1.91. The molecule has 0 saturated carbocycles. The van der Waals surface area contributed by atoms with Crippen LogP contribution in [0.4, 0.5) is 13.2 Å². The molecule has 0 aliphatic heterocycles. The molecule has 0 spiro atoms. The molecule has 0 aliphatic rings. The van der Waals surface area contributed by atoms with Crippen molar-refractivity contribution >= 4 is 10.8 Å². The Balaban J connectivity index is 1.54. The highest BCUT2D eigenvalue weighted by atomic mass is 19.1. The Bertz CT molecular complexity index is 1350. The highest BCUT2D eigenvalue weighted by Crippen LogP contribution is 2.17. The van der Waals surface area contributed by atoms with E-state index in [2.05, 4.69) is 23.7 Å². The van der Waals surface area contributed by atoms with Gasteiger partial charge in [-0.2, -0.15) is 0 Å². The van der Waals surface area contributed by atoms with Crippen molar-refractivity contribution < 1.29 is 13.2 Å². The number of fused-ring (bicyclic) bond motifs is 1. The fourth-order valence-electron chi connectivity index (χ4n) is 3.03. The normalized spacial score (nSPS) is 10.1. The number of rotatable bonds is 0. The van der Waals surface area contributed by atoms with Crippen LogP contribution in [-0.4, -0.2) is 0 Å². The zero-order valence-corrected chi connectivity index (χ0v) is 16.1. The average molecular weight is 396 g/mol. The van der Waals surface area contributed by atoms with E-state index < -0.39 is 11.6 Å². The molecule has 4 rings (SSSR count). The van der Waals surface area contributed by atoms with E-state index in [9.17, 15) is 13.2 Å². The first-order valence-corrected chi connectivity index (χ1v) is 9.27. The lowest BCUT2D eigenvalue weighted by Gasteiger charge is -1.99. The van der Waals surface area contributed by atoms with Gasteiger partial charge in [0.25, 0.3) is 0 Å². The van der Waals surface area contributed by atoms with Crippen molar-refractivity contribution in [3.63, 3.8) is 0 Å². The van der Waals surface area contributed by atoms with Crippen molar-refractivity contribution in [3.05, 3.63) is 118 Å². The maximum Gasteiger partial charge on any atom is 0.142 e. The summed E-state index contributed by atoms with van der Waals surface area (Å²) < 4.78 is 41.0. The van der Waals surface area contributed by atoms with E-state index in [1.807, 2.05) is 18.2 Å². The van der Waals surface area contributed by atoms with Gasteiger partial charge in [0.2, 0.25) is 0 Å². The first-order chi connectivity index (χ1) is 14.5. The quantitative estimate of drug-likeness (QED) is 0.303. The van der Waals surface area contributed by atoms with Crippen molar-refractivity contribution in [1.29, 1.82) is 0 Å². The van der Waals surface area contributed by atoms with Crippen LogP contribution in [0.3, 0.4) is 0 Å². The first kappa shape index (κ1) is 19.4. The Morgan fingerprint density at radius 1 is 0.533 bits per heavy atom. The second kappa shape index (κ2) is 8.19. The van der Waals surface area contributed by atoms with Crippen LogP contribution in [0.2, 0.25) is 0 Å². The van der Waals surface area contributed by atoms with Gasteiger partial charge >= 0.3 is 0 Å². The van der Waals surface area contributed by atoms with Gasteiger partial charge in [-0.3, -0.25) is 0 Å². The lowest BCUT2D eigenvalue weighted by molar-refractivity contribution is 0.575. The molecular formula is C27H15F3.